The second-order valence-corrected chi connectivity index (χ2v) is 6.47. The summed E-state index contributed by atoms with van der Waals surface area (Å²) in [7, 11) is 0. The predicted octanol–water partition coefficient (Wildman–Crippen LogP) is 4.34. The predicted molar refractivity (Wildman–Crippen MR) is 70.6 cm³/mol. The van der Waals surface area contributed by atoms with Crippen LogP contribution in [0.1, 0.15) is 36.6 Å². The van der Waals surface area contributed by atoms with E-state index in [1.807, 2.05) is 12.5 Å². The van der Waals surface area contributed by atoms with Crippen molar-refractivity contribution in [3.8, 4) is 11.3 Å². The summed E-state index contributed by atoms with van der Waals surface area (Å²) in [6, 6.07) is 2.34. The lowest BCUT2D eigenvalue weighted by Crippen LogP contribution is -2.29. The van der Waals surface area contributed by atoms with Crippen molar-refractivity contribution in [1.82, 2.24) is 9.55 Å². The van der Waals surface area contributed by atoms with E-state index in [-0.39, 0.29) is 18.9 Å². The third-order valence-electron chi connectivity index (χ3n) is 4.41. The van der Waals surface area contributed by atoms with Crippen LogP contribution >= 0.6 is 11.3 Å². The molecule has 2 aliphatic rings. The maximum atomic E-state index is 13.3. The van der Waals surface area contributed by atoms with Gasteiger partial charge in [-0.2, -0.15) is 0 Å². The molecule has 0 radical (unpaired) electrons. The second-order valence-electron chi connectivity index (χ2n) is 5.52. The molecule has 1 atom stereocenters. The molecule has 2 nitrogen and oxygen atoms in total. The van der Waals surface area contributed by atoms with Gasteiger partial charge in [-0.05, 0) is 30.2 Å². The van der Waals surface area contributed by atoms with E-state index in [1.165, 1.54) is 10.4 Å². The Morgan fingerprint density at radius 1 is 1.32 bits per heavy atom. The SMILES string of the molecule is FC1(F)CCC(C2c3sccc3-c3cncn32)CC1. The van der Waals surface area contributed by atoms with E-state index >= 15 is 0 Å². The maximum absolute atomic E-state index is 13.3. The highest BCUT2D eigenvalue weighted by Gasteiger charge is 2.42. The molecular formula is C14H14F2N2S. The number of hydrogen-bond donors (Lipinski definition) is 0. The summed E-state index contributed by atoms with van der Waals surface area (Å²) >= 11 is 1.74. The molecule has 1 saturated carbocycles. The molecule has 1 aliphatic carbocycles. The molecule has 0 bridgehead atoms. The average molecular weight is 280 g/mol. The van der Waals surface area contributed by atoms with Crippen LogP contribution in [-0.4, -0.2) is 15.5 Å². The lowest BCUT2D eigenvalue weighted by Gasteiger charge is -2.32. The second kappa shape index (κ2) is 3.88. The molecule has 0 N–H and O–H groups in total. The average Bonchev–Trinajstić information content (AvgIpc) is 3.02. The molecule has 100 valence electrons. The van der Waals surface area contributed by atoms with Crippen LogP contribution in [0, 0.1) is 5.92 Å². The van der Waals surface area contributed by atoms with Crippen LogP contribution in [0.25, 0.3) is 11.3 Å². The zero-order chi connectivity index (χ0) is 13.0. The number of rotatable bonds is 1. The smallest absolute Gasteiger partial charge is 0.248 e. The van der Waals surface area contributed by atoms with Crippen LogP contribution in [0.3, 0.4) is 0 Å². The Balaban J connectivity index is 1.70. The van der Waals surface area contributed by atoms with Crippen molar-refractivity contribution in [2.75, 3.05) is 0 Å². The minimum atomic E-state index is -2.45. The summed E-state index contributed by atoms with van der Waals surface area (Å²) in [5, 5.41) is 2.09. The Morgan fingerprint density at radius 3 is 2.89 bits per heavy atom. The fourth-order valence-corrected chi connectivity index (χ4v) is 4.54. The Kier molecular flexibility index (Phi) is 2.37. The van der Waals surface area contributed by atoms with Crippen LogP contribution in [0.5, 0.6) is 0 Å². The first kappa shape index (κ1) is 11.6. The van der Waals surface area contributed by atoms with Gasteiger partial charge in [-0.15, -0.1) is 11.3 Å². The Labute approximate surface area is 114 Å². The van der Waals surface area contributed by atoms with Gasteiger partial charge in [0.2, 0.25) is 5.92 Å². The van der Waals surface area contributed by atoms with Gasteiger partial charge >= 0.3 is 0 Å². The van der Waals surface area contributed by atoms with Crippen molar-refractivity contribution in [2.45, 2.75) is 37.6 Å². The molecular weight excluding hydrogens is 266 g/mol. The number of imidazole rings is 1. The van der Waals surface area contributed by atoms with Gasteiger partial charge < -0.3 is 4.57 Å². The highest BCUT2D eigenvalue weighted by atomic mass is 32.1. The molecule has 3 heterocycles. The van der Waals surface area contributed by atoms with Crippen LogP contribution in [0.4, 0.5) is 8.78 Å². The first-order valence-corrected chi connectivity index (χ1v) is 7.51. The van der Waals surface area contributed by atoms with Crippen molar-refractivity contribution in [1.29, 1.82) is 0 Å². The fourth-order valence-electron chi connectivity index (χ4n) is 3.44. The van der Waals surface area contributed by atoms with E-state index in [4.69, 9.17) is 0 Å². The Bertz CT molecular complexity index is 566. The first-order chi connectivity index (χ1) is 9.16. The molecule has 1 aliphatic heterocycles. The van der Waals surface area contributed by atoms with Gasteiger partial charge in [-0.1, -0.05) is 0 Å². The minimum absolute atomic E-state index is 0.0267. The van der Waals surface area contributed by atoms with Gasteiger partial charge in [0, 0.05) is 23.3 Å². The lowest BCUT2D eigenvalue weighted by molar-refractivity contribution is -0.0492. The number of alkyl halides is 2. The monoisotopic (exact) mass is 280 g/mol. The number of thiophene rings is 1. The van der Waals surface area contributed by atoms with Crippen molar-refractivity contribution in [3.05, 3.63) is 28.8 Å². The minimum Gasteiger partial charge on any atom is -0.322 e. The molecule has 19 heavy (non-hydrogen) atoms. The lowest BCUT2D eigenvalue weighted by atomic mass is 9.81. The zero-order valence-corrected chi connectivity index (χ0v) is 11.2. The first-order valence-electron chi connectivity index (χ1n) is 6.63. The largest absolute Gasteiger partial charge is 0.322 e. The highest BCUT2D eigenvalue weighted by Crippen LogP contribution is 2.50. The number of hydrogen-bond acceptors (Lipinski definition) is 2. The number of halogens is 2. The van der Waals surface area contributed by atoms with Crippen molar-refractivity contribution < 1.29 is 8.78 Å². The number of aromatic nitrogens is 2. The van der Waals surface area contributed by atoms with E-state index in [9.17, 15) is 8.78 Å². The highest BCUT2D eigenvalue weighted by molar-refractivity contribution is 7.10. The van der Waals surface area contributed by atoms with Gasteiger partial charge in [0.1, 0.15) is 0 Å². The Morgan fingerprint density at radius 2 is 2.11 bits per heavy atom. The Hall–Kier alpha value is -1.23. The van der Waals surface area contributed by atoms with E-state index in [1.54, 1.807) is 11.3 Å². The molecule has 2 aromatic heterocycles. The van der Waals surface area contributed by atoms with Gasteiger partial charge in [-0.3, -0.25) is 0 Å². The summed E-state index contributed by atoms with van der Waals surface area (Å²) in [6.07, 6.45) is 4.99. The molecule has 0 spiro atoms. The summed E-state index contributed by atoms with van der Waals surface area (Å²) in [4.78, 5) is 5.54. The third kappa shape index (κ3) is 1.67. The van der Waals surface area contributed by atoms with Crippen LogP contribution < -0.4 is 0 Å². The van der Waals surface area contributed by atoms with E-state index < -0.39 is 5.92 Å². The van der Waals surface area contributed by atoms with Crippen molar-refractivity contribution in [2.24, 2.45) is 5.92 Å². The van der Waals surface area contributed by atoms with Crippen LogP contribution in [0.2, 0.25) is 0 Å². The molecule has 0 saturated heterocycles. The van der Waals surface area contributed by atoms with Crippen LogP contribution in [0.15, 0.2) is 24.0 Å². The van der Waals surface area contributed by atoms with Gasteiger partial charge in [0.05, 0.1) is 24.3 Å². The van der Waals surface area contributed by atoms with Gasteiger partial charge in [0.25, 0.3) is 0 Å². The normalized spacial score (nSPS) is 25.3. The van der Waals surface area contributed by atoms with Crippen molar-refractivity contribution >= 4 is 11.3 Å². The summed E-state index contributed by atoms with van der Waals surface area (Å²) < 4.78 is 28.8. The quantitative estimate of drug-likeness (QED) is 0.759. The third-order valence-corrected chi connectivity index (χ3v) is 5.40. The number of fused-ring (bicyclic) bond motifs is 3. The van der Waals surface area contributed by atoms with Gasteiger partial charge in [-0.25, -0.2) is 13.8 Å². The summed E-state index contributed by atoms with van der Waals surface area (Å²) in [5.74, 6) is -2.14. The number of nitrogens with zero attached hydrogens (tertiary/aromatic N) is 2. The van der Waals surface area contributed by atoms with E-state index in [2.05, 4.69) is 21.0 Å². The van der Waals surface area contributed by atoms with Gasteiger partial charge in [0.15, 0.2) is 0 Å². The van der Waals surface area contributed by atoms with Crippen LogP contribution in [-0.2, 0) is 0 Å². The van der Waals surface area contributed by atoms with E-state index in [0.29, 0.717) is 18.8 Å². The fraction of sp³-hybridized carbons (Fsp3) is 0.500. The molecule has 0 amide bonds. The molecule has 0 aromatic carbocycles. The summed E-state index contributed by atoms with van der Waals surface area (Å²) in [6.45, 7) is 0. The molecule has 1 unspecified atom stereocenters. The molecule has 5 heteroatoms. The molecule has 2 aromatic rings. The zero-order valence-electron chi connectivity index (χ0n) is 10.4. The standard InChI is InChI=1S/C14H14F2N2S/c15-14(16)4-1-9(2-5-14)12-13-10(3-6-19-13)11-7-17-8-18(11)12/h3,6-9,12H,1-2,4-5H2. The molecule has 1 fully saturated rings. The molecule has 4 rings (SSSR count). The summed E-state index contributed by atoms with van der Waals surface area (Å²) in [5.41, 5.74) is 2.38. The topological polar surface area (TPSA) is 17.8 Å². The van der Waals surface area contributed by atoms with E-state index in [0.717, 1.165) is 5.69 Å². The maximum Gasteiger partial charge on any atom is 0.248 e. The van der Waals surface area contributed by atoms with Crippen molar-refractivity contribution in [3.63, 3.8) is 0 Å².